The van der Waals surface area contributed by atoms with Crippen molar-refractivity contribution in [3.63, 3.8) is 0 Å². The molecule has 0 radical (unpaired) electrons. The Labute approximate surface area is 191 Å². The standard InChI is InChI=1S/C22H23ClN4O4S/c1-12-5-9-17(23)11-18(12)24-21(28)14(3)27-32(29,30)19-10-16(6-4-13(19)2)20-25-22(31-26-20)15-7-8-15/h4-6,9-11,14-15,27H,7-8H2,1-3H3,(H,24,28). The topological polar surface area (TPSA) is 114 Å². The minimum Gasteiger partial charge on any atom is -0.339 e. The van der Waals surface area contributed by atoms with Crippen molar-refractivity contribution >= 4 is 33.2 Å². The van der Waals surface area contributed by atoms with E-state index in [1.165, 1.54) is 13.0 Å². The number of amides is 1. The van der Waals surface area contributed by atoms with E-state index in [1.54, 1.807) is 37.3 Å². The van der Waals surface area contributed by atoms with E-state index in [9.17, 15) is 13.2 Å². The fourth-order valence-corrected chi connectivity index (χ4v) is 4.84. The second-order valence-electron chi connectivity index (χ2n) is 8.00. The highest BCUT2D eigenvalue weighted by Gasteiger charge is 2.30. The highest BCUT2D eigenvalue weighted by atomic mass is 35.5. The molecule has 1 aliphatic rings. The lowest BCUT2D eigenvalue weighted by atomic mass is 10.1. The van der Waals surface area contributed by atoms with E-state index in [0.717, 1.165) is 18.4 Å². The van der Waals surface area contributed by atoms with Crippen LogP contribution in [0.15, 0.2) is 45.8 Å². The summed E-state index contributed by atoms with van der Waals surface area (Å²) in [6.07, 6.45) is 2.04. The van der Waals surface area contributed by atoms with Crippen LogP contribution in [0.2, 0.25) is 5.02 Å². The summed E-state index contributed by atoms with van der Waals surface area (Å²) in [6.45, 7) is 4.99. The Bertz CT molecular complexity index is 1280. The first kappa shape index (κ1) is 22.4. The maximum atomic E-state index is 13.1. The first-order chi connectivity index (χ1) is 15.1. The summed E-state index contributed by atoms with van der Waals surface area (Å²) < 4.78 is 33.9. The molecule has 1 aromatic heterocycles. The van der Waals surface area contributed by atoms with Crippen LogP contribution in [0.5, 0.6) is 0 Å². The second-order valence-corrected chi connectivity index (χ2v) is 10.1. The third-order valence-corrected chi connectivity index (χ3v) is 7.20. The van der Waals surface area contributed by atoms with Gasteiger partial charge in [0.25, 0.3) is 0 Å². The molecule has 0 spiro atoms. The van der Waals surface area contributed by atoms with Crippen LogP contribution in [0, 0.1) is 13.8 Å². The molecule has 2 aromatic carbocycles. The van der Waals surface area contributed by atoms with Crippen LogP contribution in [0.3, 0.4) is 0 Å². The number of hydrogen-bond donors (Lipinski definition) is 2. The van der Waals surface area contributed by atoms with E-state index < -0.39 is 22.0 Å². The van der Waals surface area contributed by atoms with Crippen molar-refractivity contribution in [1.82, 2.24) is 14.9 Å². The van der Waals surface area contributed by atoms with Crippen molar-refractivity contribution in [2.75, 3.05) is 5.32 Å². The lowest BCUT2D eigenvalue weighted by Crippen LogP contribution is -2.41. The number of hydrogen-bond acceptors (Lipinski definition) is 6. The van der Waals surface area contributed by atoms with Gasteiger partial charge < -0.3 is 9.84 Å². The number of carbonyl (C=O) groups excluding carboxylic acids is 1. The van der Waals surface area contributed by atoms with Crippen molar-refractivity contribution in [3.05, 3.63) is 58.4 Å². The van der Waals surface area contributed by atoms with E-state index in [0.29, 0.717) is 39.5 Å². The summed E-state index contributed by atoms with van der Waals surface area (Å²) in [5.41, 5.74) is 2.39. The molecule has 3 aromatic rings. The molecule has 1 heterocycles. The maximum Gasteiger partial charge on any atom is 0.242 e. The van der Waals surface area contributed by atoms with Gasteiger partial charge in [-0.3, -0.25) is 4.79 Å². The molecule has 2 N–H and O–H groups in total. The van der Waals surface area contributed by atoms with Gasteiger partial charge in [-0.2, -0.15) is 9.71 Å². The highest BCUT2D eigenvalue weighted by molar-refractivity contribution is 7.89. The summed E-state index contributed by atoms with van der Waals surface area (Å²) in [5, 5.41) is 7.16. The monoisotopic (exact) mass is 474 g/mol. The van der Waals surface area contributed by atoms with Gasteiger partial charge in [-0.05, 0) is 62.9 Å². The van der Waals surface area contributed by atoms with Gasteiger partial charge in [-0.1, -0.05) is 35.0 Å². The molecule has 168 valence electrons. The smallest absolute Gasteiger partial charge is 0.242 e. The number of anilines is 1. The molecule has 1 atom stereocenters. The van der Waals surface area contributed by atoms with Gasteiger partial charge in [-0.15, -0.1) is 0 Å². The third-order valence-electron chi connectivity index (χ3n) is 5.29. The zero-order chi connectivity index (χ0) is 23.0. The minimum atomic E-state index is -4.00. The van der Waals surface area contributed by atoms with E-state index in [1.807, 2.05) is 6.92 Å². The SMILES string of the molecule is Cc1ccc(Cl)cc1NC(=O)C(C)NS(=O)(=O)c1cc(-c2noc(C3CC3)n2)ccc1C. The predicted octanol–water partition coefficient (Wildman–Crippen LogP) is 4.19. The molecule has 1 aliphatic carbocycles. The molecule has 4 rings (SSSR count). The minimum absolute atomic E-state index is 0.0476. The van der Waals surface area contributed by atoms with E-state index in [-0.39, 0.29) is 4.90 Å². The molecule has 1 fully saturated rings. The van der Waals surface area contributed by atoms with Crippen LogP contribution < -0.4 is 10.0 Å². The molecule has 1 unspecified atom stereocenters. The molecule has 1 amide bonds. The highest BCUT2D eigenvalue weighted by Crippen LogP contribution is 2.39. The van der Waals surface area contributed by atoms with Crippen LogP contribution in [0.1, 0.15) is 42.7 Å². The van der Waals surface area contributed by atoms with Crippen molar-refractivity contribution in [2.24, 2.45) is 0 Å². The quantitative estimate of drug-likeness (QED) is 0.530. The van der Waals surface area contributed by atoms with Gasteiger partial charge in [0, 0.05) is 22.2 Å². The zero-order valence-corrected chi connectivity index (χ0v) is 19.4. The first-order valence-corrected chi connectivity index (χ1v) is 12.0. The average molecular weight is 475 g/mol. The number of aryl methyl sites for hydroxylation is 2. The fraction of sp³-hybridized carbons (Fsp3) is 0.318. The van der Waals surface area contributed by atoms with Gasteiger partial charge in [0.05, 0.1) is 10.9 Å². The summed E-state index contributed by atoms with van der Waals surface area (Å²) in [7, 11) is -4.00. The number of halogens is 1. The van der Waals surface area contributed by atoms with Gasteiger partial charge in [-0.25, -0.2) is 8.42 Å². The first-order valence-electron chi connectivity index (χ1n) is 10.2. The molecule has 0 bridgehead atoms. The second kappa shape index (κ2) is 8.65. The normalized spacial score (nSPS) is 14.9. The fourth-order valence-electron chi connectivity index (χ4n) is 3.20. The molecule has 8 nitrogen and oxygen atoms in total. The summed E-state index contributed by atoms with van der Waals surface area (Å²) in [4.78, 5) is 17.0. The van der Waals surface area contributed by atoms with E-state index in [4.69, 9.17) is 16.1 Å². The number of carbonyl (C=O) groups is 1. The molecular weight excluding hydrogens is 452 g/mol. The van der Waals surface area contributed by atoms with Crippen LogP contribution in [0.4, 0.5) is 5.69 Å². The number of rotatable bonds is 7. The predicted molar refractivity (Wildman–Crippen MR) is 121 cm³/mol. The van der Waals surface area contributed by atoms with Gasteiger partial charge in [0.15, 0.2) is 0 Å². The number of benzene rings is 2. The van der Waals surface area contributed by atoms with Crippen LogP contribution >= 0.6 is 11.6 Å². The zero-order valence-electron chi connectivity index (χ0n) is 17.8. The lowest BCUT2D eigenvalue weighted by molar-refractivity contribution is -0.117. The summed E-state index contributed by atoms with van der Waals surface area (Å²) >= 11 is 5.99. The Balaban J connectivity index is 1.53. The molecular formula is C22H23ClN4O4S. The van der Waals surface area contributed by atoms with E-state index >= 15 is 0 Å². The molecule has 0 aliphatic heterocycles. The Hall–Kier alpha value is -2.75. The number of aromatic nitrogens is 2. The van der Waals surface area contributed by atoms with Gasteiger partial charge in [0.1, 0.15) is 0 Å². The van der Waals surface area contributed by atoms with E-state index in [2.05, 4.69) is 20.2 Å². The average Bonchev–Trinajstić information content (AvgIpc) is 3.47. The lowest BCUT2D eigenvalue weighted by Gasteiger charge is -2.17. The Morgan fingerprint density at radius 1 is 1.16 bits per heavy atom. The maximum absolute atomic E-state index is 13.1. The van der Waals surface area contributed by atoms with Crippen molar-refractivity contribution in [2.45, 2.75) is 50.5 Å². The van der Waals surface area contributed by atoms with Crippen LogP contribution in [0.25, 0.3) is 11.4 Å². The van der Waals surface area contributed by atoms with Gasteiger partial charge in [0.2, 0.25) is 27.6 Å². The Morgan fingerprint density at radius 2 is 1.88 bits per heavy atom. The van der Waals surface area contributed by atoms with Crippen molar-refractivity contribution in [1.29, 1.82) is 0 Å². The number of nitrogens with zero attached hydrogens (tertiary/aromatic N) is 2. The Kier molecular flexibility index (Phi) is 6.07. The Morgan fingerprint density at radius 3 is 2.59 bits per heavy atom. The molecule has 32 heavy (non-hydrogen) atoms. The number of nitrogens with one attached hydrogen (secondary N) is 2. The summed E-state index contributed by atoms with van der Waals surface area (Å²) in [6, 6.07) is 8.99. The molecule has 0 saturated heterocycles. The van der Waals surface area contributed by atoms with Crippen LogP contribution in [-0.4, -0.2) is 30.5 Å². The molecule has 10 heteroatoms. The summed E-state index contributed by atoms with van der Waals surface area (Å²) in [5.74, 6) is 0.712. The van der Waals surface area contributed by atoms with Crippen molar-refractivity contribution < 1.29 is 17.7 Å². The van der Waals surface area contributed by atoms with Crippen LogP contribution in [-0.2, 0) is 14.8 Å². The van der Waals surface area contributed by atoms with Crippen molar-refractivity contribution in [3.8, 4) is 11.4 Å². The van der Waals surface area contributed by atoms with Gasteiger partial charge >= 0.3 is 0 Å². The largest absolute Gasteiger partial charge is 0.339 e. The molecule has 1 saturated carbocycles. The third kappa shape index (κ3) is 4.85. The number of sulfonamides is 1.